The summed E-state index contributed by atoms with van der Waals surface area (Å²) in [4.78, 5) is 38.7. The Bertz CT molecular complexity index is 942. The third kappa shape index (κ3) is 3.81. The van der Waals surface area contributed by atoms with Crippen molar-refractivity contribution in [3.05, 3.63) is 50.6 Å². The number of ether oxygens (including phenoxy) is 1. The summed E-state index contributed by atoms with van der Waals surface area (Å²) < 4.78 is 19.0. The first-order valence-electron chi connectivity index (χ1n) is 8.44. The quantitative estimate of drug-likeness (QED) is 0.783. The van der Waals surface area contributed by atoms with E-state index in [-0.39, 0.29) is 34.3 Å². The maximum atomic E-state index is 14.0. The van der Waals surface area contributed by atoms with E-state index < -0.39 is 23.7 Å². The second kappa shape index (κ2) is 8.15. The van der Waals surface area contributed by atoms with E-state index in [1.807, 2.05) is 0 Å². The molecule has 0 saturated carbocycles. The number of nitrogens with zero attached hydrogens (tertiary/aromatic N) is 1. The smallest absolute Gasteiger partial charge is 0.410 e. The summed E-state index contributed by atoms with van der Waals surface area (Å²) >= 11 is 7.05. The molecule has 0 radical (unpaired) electrons. The van der Waals surface area contributed by atoms with Crippen molar-refractivity contribution in [1.82, 2.24) is 4.90 Å². The van der Waals surface area contributed by atoms with Crippen LogP contribution in [0.3, 0.4) is 0 Å². The summed E-state index contributed by atoms with van der Waals surface area (Å²) in [5, 5.41) is 2.69. The van der Waals surface area contributed by atoms with Crippen LogP contribution in [0.25, 0.3) is 0 Å². The van der Waals surface area contributed by atoms with E-state index in [1.165, 1.54) is 17.0 Å². The van der Waals surface area contributed by atoms with Crippen molar-refractivity contribution in [3.8, 4) is 0 Å². The molecule has 0 saturated heterocycles. The summed E-state index contributed by atoms with van der Waals surface area (Å²) in [5.74, 6) is -2.27. The number of hydrogen-bond acceptors (Lipinski definition) is 5. The van der Waals surface area contributed by atoms with Gasteiger partial charge in [-0.15, -0.1) is 11.3 Å². The van der Waals surface area contributed by atoms with Crippen LogP contribution in [-0.2, 0) is 17.7 Å². The van der Waals surface area contributed by atoms with Crippen molar-refractivity contribution in [2.45, 2.75) is 19.9 Å². The Morgan fingerprint density at radius 1 is 1.36 bits per heavy atom. The number of amides is 3. The number of nitrogens with two attached hydrogens (primary N) is 1. The Hall–Kier alpha value is -2.65. The molecule has 1 aromatic heterocycles. The number of thiophene rings is 1. The van der Waals surface area contributed by atoms with E-state index >= 15 is 0 Å². The first-order valence-corrected chi connectivity index (χ1v) is 9.64. The molecule has 2 heterocycles. The average Bonchev–Trinajstić information content (AvgIpc) is 2.98. The van der Waals surface area contributed by atoms with Gasteiger partial charge in [0.25, 0.3) is 11.8 Å². The van der Waals surface area contributed by atoms with Gasteiger partial charge in [0.15, 0.2) is 0 Å². The van der Waals surface area contributed by atoms with Gasteiger partial charge in [0.05, 0.1) is 29.3 Å². The number of nitrogens with one attached hydrogen (secondary N) is 1. The van der Waals surface area contributed by atoms with Gasteiger partial charge in [0.2, 0.25) is 0 Å². The lowest BCUT2D eigenvalue weighted by molar-refractivity contribution is 0.0997. The van der Waals surface area contributed by atoms with Crippen molar-refractivity contribution in [2.75, 3.05) is 18.5 Å². The summed E-state index contributed by atoms with van der Waals surface area (Å²) in [5.41, 5.74) is 6.03. The largest absolute Gasteiger partial charge is 0.450 e. The Kier molecular flexibility index (Phi) is 5.85. The molecule has 3 amide bonds. The molecule has 3 rings (SSSR count). The molecule has 0 atom stereocenters. The SMILES string of the molecule is CCOC(=O)N1CCc2c(sc(NC(=O)c3c(F)cccc3Cl)c2C(N)=O)C1. The molecule has 148 valence electrons. The van der Waals surface area contributed by atoms with Crippen LogP contribution in [0.15, 0.2) is 18.2 Å². The number of benzene rings is 1. The third-order valence-electron chi connectivity index (χ3n) is 4.25. The van der Waals surface area contributed by atoms with E-state index in [9.17, 15) is 18.8 Å². The van der Waals surface area contributed by atoms with Gasteiger partial charge in [0.1, 0.15) is 10.8 Å². The first kappa shape index (κ1) is 20.1. The second-order valence-corrected chi connectivity index (χ2v) is 7.51. The standard InChI is InChI=1S/C18H17ClFN3O4S/c1-2-27-18(26)23-7-6-9-12(8-23)28-17(13(9)15(21)24)22-16(25)14-10(19)4-3-5-11(14)20/h3-5H,2,6-8H2,1H3,(H2,21,24)(H,22,25). The summed E-state index contributed by atoms with van der Waals surface area (Å²) in [6.45, 7) is 2.56. The summed E-state index contributed by atoms with van der Waals surface area (Å²) in [6.07, 6.45) is -0.0647. The zero-order valence-corrected chi connectivity index (χ0v) is 16.5. The Morgan fingerprint density at radius 3 is 2.75 bits per heavy atom. The van der Waals surface area contributed by atoms with Crippen LogP contribution in [0.2, 0.25) is 5.02 Å². The number of fused-ring (bicyclic) bond motifs is 1. The highest BCUT2D eigenvalue weighted by atomic mass is 35.5. The number of carbonyl (C=O) groups excluding carboxylic acids is 3. The van der Waals surface area contributed by atoms with E-state index in [0.29, 0.717) is 23.4 Å². The van der Waals surface area contributed by atoms with Crippen LogP contribution in [0.5, 0.6) is 0 Å². The van der Waals surface area contributed by atoms with Gasteiger partial charge >= 0.3 is 6.09 Å². The number of rotatable bonds is 4. The van der Waals surface area contributed by atoms with E-state index in [0.717, 1.165) is 17.4 Å². The van der Waals surface area contributed by atoms with Crippen LogP contribution < -0.4 is 11.1 Å². The minimum atomic E-state index is -0.786. The van der Waals surface area contributed by atoms with Crippen LogP contribution >= 0.6 is 22.9 Å². The lowest BCUT2D eigenvalue weighted by Crippen LogP contribution is -2.36. The highest BCUT2D eigenvalue weighted by Crippen LogP contribution is 2.37. The van der Waals surface area contributed by atoms with Crippen molar-refractivity contribution < 1.29 is 23.5 Å². The number of primary amides is 1. The van der Waals surface area contributed by atoms with Crippen molar-refractivity contribution in [2.24, 2.45) is 5.73 Å². The van der Waals surface area contributed by atoms with Gasteiger partial charge in [-0.2, -0.15) is 0 Å². The van der Waals surface area contributed by atoms with Crippen LogP contribution in [0.4, 0.5) is 14.2 Å². The number of hydrogen-bond donors (Lipinski definition) is 2. The van der Waals surface area contributed by atoms with Gasteiger partial charge < -0.3 is 20.7 Å². The molecule has 1 aliphatic rings. The number of halogens is 2. The molecule has 0 fully saturated rings. The molecule has 0 unspecified atom stereocenters. The maximum Gasteiger partial charge on any atom is 0.410 e. The van der Waals surface area contributed by atoms with E-state index in [1.54, 1.807) is 6.92 Å². The van der Waals surface area contributed by atoms with Gasteiger partial charge in [-0.25, -0.2) is 9.18 Å². The molecular formula is C18H17ClFN3O4S. The van der Waals surface area contributed by atoms with Crippen molar-refractivity contribution in [3.63, 3.8) is 0 Å². The minimum absolute atomic E-state index is 0.0482. The van der Waals surface area contributed by atoms with Crippen molar-refractivity contribution in [1.29, 1.82) is 0 Å². The minimum Gasteiger partial charge on any atom is -0.450 e. The highest BCUT2D eigenvalue weighted by molar-refractivity contribution is 7.17. The Morgan fingerprint density at radius 2 is 2.11 bits per heavy atom. The van der Waals surface area contributed by atoms with Gasteiger partial charge in [0, 0.05) is 11.4 Å². The summed E-state index contributed by atoms with van der Waals surface area (Å²) in [7, 11) is 0. The molecule has 1 aliphatic heterocycles. The molecule has 7 nitrogen and oxygen atoms in total. The van der Waals surface area contributed by atoms with E-state index in [2.05, 4.69) is 5.32 Å². The van der Waals surface area contributed by atoms with Crippen LogP contribution in [-0.4, -0.2) is 36.0 Å². The zero-order chi connectivity index (χ0) is 20.4. The van der Waals surface area contributed by atoms with Gasteiger partial charge in [-0.3, -0.25) is 9.59 Å². The zero-order valence-electron chi connectivity index (χ0n) is 14.9. The summed E-state index contributed by atoms with van der Waals surface area (Å²) in [6, 6.07) is 3.90. The Balaban J connectivity index is 1.92. The maximum absolute atomic E-state index is 14.0. The predicted octanol–water partition coefficient (Wildman–Crippen LogP) is 3.41. The molecule has 3 N–H and O–H groups in total. The van der Waals surface area contributed by atoms with Gasteiger partial charge in [-0.1, -0.05) is 17.7 Å². The molecule has 28 heavy (non-hydrogen) atoms. The topological polar surface area (TPSA) is 102 Å². The molecule has 0 aliphatic carbocycles. The van der Waals surface area contributed by atoms with Crippen molar-refractivity contribution >= 4 is 45.8 Å². The lowest BCUT2D eigenvalue weighted by atomic mass is 10.0. The molecule has 0 spiro atoms. The molecular weight excluding hydrogens is 409 g/mol. The number of anilines is 1. The molecule has 0 bridgehead atoms. The van der Waals surface area contributed by atoms with E-state index in [4.69, 9.17) is 22.1 Å². The monoisotopic (exact) mass is 425 g/mol. The Labute approximate surface area is 169 Å². The fraction of sp³-hybridized carbons (Fsp3) is 0.278. The predicted molar refractivity (Wildman–Crippen MR) is 103 cm³/mol. The fourth-order valence-corrected chi connectivity index (χ4v) is 4.52. The first-order chi connectivity index (χ1) is 13.3. The highest BCUT2D eigenvalue weighted by Gasteiger charge is 2.30. The fourth-order valence-electron chi connectivity index (χ4n) is 3.00. The molecule has 10 heteroatoms. The second-order valence-electron chi connectivity index (χ2n) is 5.99. The van der Waals surface area contributed by atoms with Gasteiger partial charge in [-0.05, 0) is 31.0 Å². The normalized spacial score (nSPS) is 13.0. The molecule has 1 aromatic carbocycles. The van der Waals surface area contributed by atoms with Crippen LogP contribution in [0.1, 0.15) is 38.1 Å². The van der Waals surface area contributed by atoms with Crippen LogP contribution in [0, 0.1) is 5.82 Å². The molecule has 2 aromatic rings. The lowest BCUT2D eigenvalue weighted by Gasteiger charge is -2.26. The number of carbonyl (C=O) groups is 3. The average molecular weight is 426 g/mol. The third-order valence-corrected chi connectivity index (χ3v) is 5.69.